The molecule has 4 rings (SSSR count). The van der Waals surface area contributed by atoms with E-state index in [1.165, 1.54) is 17.3 Å². The fourth-order valence-electron chi connectivity index (χ4n) is 3.80. The van der Waals surface area contributed by atoms with Gasteiger partial charge in [0.2, 0.25) is 5.91 Å². The van der Waals surface area contributed by atoms with Crippen molar-refractivity contribution >= 4 is 17.7 Å². The third-order valence-electron chi connectivity index (χ3n) is 5.79. The maximum absolute atomic E-state index is 12.9. The Morgan fingerprint density at radius 2 is 1.67 bits per heavy atom. The lowest BCUT2D eigenvalue weighted by atomic mass is 9.93. The van der Waals surface area contributed by atoms with Crippen LogP contribution in [0.5, 0.6) is 0 Å². The fourth-order valence-corrected chi connectivity index (χ4v) is 4.64. The summed E-state index contributed by atoms with van der Waals surface area (Å²) >= 11 is 1.44. The molecule has 1 amide bonds. The molecule has 1 aromatic heterocycles. The minimum Gasteiger partial charge on any atom is -0.329 e. The lowest BCUT2D eigenvalue weighted by molar-refractivity contribution is -0.119. The molecule has 0 spiro atoms. The van der Waals surface area contributed by atoms with Crippen LogP contribution in [0.3, 0.4) is 0 Å². The Morgan fingerprint density at radius 1 is 0.970 bits per heavy atom. The molecule has 0 saturated heterocycles. The quantitative estimate of drug-likeness (QED) is 0.430. The number of aromatic nitrogens is 3. The topological polar surface area (TPSA) is 59.8 Å². The normalized spacial score (nSPS) is 14.5. The lowest BCUT2D eigenvalue weighted by Crippen LogP contribution is -2.31. The second kappa shape index (κ2) is 10.7. The maximum atomic E-state index is 12.9. The van der Waals surface area contributed by atoms with Crippen molar-refractivity contribution in [3.8, 4) is 11.4 Å². The molecule has 1 aliphatic carbocycles. The van der Waals surface area contributed by atoms with Crippen LogP contribution < -0.4 is 5.32 Å². The van der Waals surface area contributed by atoms with Crippen LogP contribution in [-0.4, -0.2) is 25.9 Å². The molecule has 1 unspecified atom stereocenters. The van der Waals surface area contributed by atoms with Crippen LogP contribution in [0.15, 0.2) is 89.2 Å². The van der Waals surface area contributed by atoms with Gasteiger partial charge in [-0.2, -0.15) is 0 Å². The molecule has 5 nitrogen and oxygen atoms in total. The van der Waals surface area contributed by atoms with Crippen molar-refractivity contribution in [2.45, 2.75) is 50.6 Å². The molecule has 1 N–H and O–H groups in total. The molecule has 0 fully saturated rings. The molecular formula is C27H30N4OS. The predicted molar refractivity (Wildman–Crippen MR) is 135 cm³/mol. The number of carbonyl (C=O) groups excluding carboxylic acids is 1. The number of rotatable bonds is 8. The van der Waals surface area contributed by atoms with Gasteiger partial charge >= 0.3 is 0 Å². The number of hydrogen-bond acceptors (Lipinski definition) is 4. The van der Waals surface area contributed by atoms with Crippen LogP contribution in [-0.2, 0) is 11.3 Å². The van der Waals surface area contributed by atoms with Gasteiger partial charge < -0.3 is 5.32 Å². The van der Waals surface area contributed by atoms with Crippen LogP contribution in [0.4, 0.5) is 0 Å². The minimum atomic E-state index is -0.302. The number of nitrogens with one attached hydrogen (secondary N) is 1. The van der Waals surface area contributed by atoms with Crippen LogP contribution in [0, 0.1) is 5.92 Å². The summed E-state index contributed by atoms with van der Waals surface area (Å²) in [5, 5.41) is 12.5. The van der Waals surface area contributed by atoms with Gasteiger partial charge in [0.1, 0.15) is 0 Å². The Hall–Kier alpha value is -3.12. The van der Waals surface area contributed by atoms with Crippen molar-refractivity contribution in [1.82, 2.24) is 20.1 Å². The van der Waals surface area contributed by atoms with Crippen molar-refractivity contribution in [3.05, 3.63) is 89.6 Å². The van der Waals surface area contributed by atoms with E-state index in [-0.39, 0.29) is 11.2 Å². The summed E-state index contributed by atoms with van der Waals surface area (Å²) in [4.78, 5) is 12.9. The average Bonchev–Trinajstić information content (AvgIpc) is 3.22. The molecule has 0 aliphatic heterocycles. The predicted octanol–water partition coefficient (Wildman–Crippen LogP) is 5.85. The molecule has 1 atom stereocenters. The van der Waals surface area contributed by atoms with Crippen LogP contribution in [0.2, 0.25) is 0 Å². The fraction of sp³-hybridized carbons (Fsp3) is 0.296. The number of thioether (sulfide) groups is 1. The summed E-state index contributed by atoms with van der Waals surface area (Å²) < 4.78 is 2.09. The van der Waals surface area contributed by atoms with E-state index in [0.29, 0.717) is 12.5 Å². The van der Waals surface area contributed by atoms with Crippen LogP contribution in [0.1, 0.15) is 39.2 Å². The van der Waals surface area contributed by atoms with E-state index in [2.05, 4.69) is 52.1 Å². The van der Waals surface area contributed by atoms with Gasteiger partial charge in [-0.05, 0) is 37.3 Å². The molecule has 1 heterocycles. The number of carbonyl (C=O) groups is 1. The van der Waals surface area contributed by atoms with E-state index >= 15 is 0 Å². The third kappa shape index (κ3) is 5.82. The first-order valence-electron chi connectivity index (χ1n) is 11.4. The SMILES string of the molecule is CC(C)C1=CC=C(NC(=O)C(C)Sc2nnc(-c3ccccc3)n2Cc2ccccc2)CC1. The summed E-state index contributed by atoms with van der Waals surface area (Å²) in [7, 11) is 0. The molecule has 0 saturated carbocycles. The van der Waals surface area contributed by atoms with E-state index in [1.807, 2.05) is 61.5 Å². The van der Waals surface area contributed by atoms with Gasteiger partial charge in [0.05, 0.1) is 11.8 Å². The highest BCUT2D eigenvalue weighted by atomic mass is 32.2. The molecule has 0 radical (unpaired) electrons. The van der Waals surface area contributed by atoms with Gasteiger partial charge in [-0.25, -0.2) is 0 Å². The van der Waals surface area contributed by atoms with Gasteiger partial charge in [0, 0.05) is 11.3 Å². The van der Waals surface area contributed by atoms with Crippen molar-refractivity contribution < 1.29 is 4.79 Å². The number of benzene rings is 2. The number of hydrogen-bond donors (Lipinski definition) is 1. The molecule has 0 bridgehead atoms. The first-order chi connectivity index (χ1) is 16.0. The molecule has 6 heteroatoms. The van der Waals surface area contributed by atoms with Gasteiger partial charge in [0.25, 0.3) is 0 Å². The summed E-state index contributed by atoms with van der Waals surface area (Å²) in [6.07, 6.45) is 6.05. The number of nitrogens with zero attached hydrogens (tertiary/aromatic N) is 3. The van der Waals surface area contributed by atoms with Gasteiger partial charge in [-0.1, -0.05) is 97.9 Å². The zero-order valence-electron chi connectivity index (χ0n) is 19.4. The van der Waals surface area contributed by atoms with Gasteiger partial charge in [0.15, 0.2) is 11.0 Å². The third-order valence-corrected chi connectivity index (χ3v) is 6.87. The van der Waals surface area contributed by atoms with E-state index in [4.69, 9.17) is 0 Å². The number of allylic oxidation sites excluding steroid dienone is 4. The highest BCUT2D eigenvalue weighted by Crippen LogP contribution is 2.28. The zero-order valence-corrected chi connectivity index (χ0v) is 20.2. The summed E-state index contributed by atoms with van der Waals surface area (Å²) in [5.74, 6) is 1.34. The Kier molecular flexibility index (Phi) is 7.45. The average molecular weight is 459 g/mol. The van der Waals surface area contributed by atoms with Crippen molar-refractivity contribution in [3.63, 3.8) is 0 Å². The van der Waals surface area contributed by atoms with Crippen LogP contribution >= 0.6 is 11.8 Å². The van der Waals surface area contributed by atoms with E-state index in [1.54, 1.807) is 0 Å². The second-order valence-corrected chi connectivity index (χ2v) is 9.89. The van der Waals surface area contributed by atoms with Gasteiger partial charge in [-0.15, -0.1) is 10.2 Å². The van der Waals surface area contributed by atoms with Crippen molar-refractivity contribution in [2.24, 2.45) is 5.92 Å². The Morgan fingerprint density at radius 3 is 2.30 bits per heavy atom. The zero-order chi connectivity index (χ0) is 23.2. The summed E-state index contributed by atoms with van der Waals surface area (Å²) in [6.45, 7) is 6.97. The van der Waals surface area contributed by atoms with E-state index in [0.717, 1.165) is 40.6 Å². The van der Waals surface area contributed by atoms with E-state index in [9.17, 15) is 4.79 Å². The monoisotopic (exact) mass is 458 g/mol. The van der Waals surface area contributed by atoms with Crippen molar-refractivity contribution in [1.29, 1.82) is 0 Å². The summed E-state index contributed by atoms with van der Waals surface area (Å²) in [6, 6.07) is 20.3. The molecule has 33 heavy (non-hydrogen) atoms. The first-order valence-corrected chi connectivity index (χ1v) is 12.3. The lowest BCUT2D eigenvalue weighted by Gasteiger charge is -2.19. The van der Waals surface area contributed by atoms with Gasteiger partial charge in [-0.3, -0.25) is 9.36 Å². The van der Waals surface area contributed by atoms with Crippen LogP contribution in [0.25, 0.3) is 11.4 Å². The first kappa shape index (κ1) is 23.1. The Labute approximate surface area is 200 Å². The highest BCUT2D eigenvalue weighted by Gasteiger charge is 2.22. The smallest absolute Gasteiger partial charge is 0.237 e. The highest BCUT2D eigenvalue weighted by molar-refractivity contribution is 8.00. The second-order valence-electron chi connectivity index (χ2n) is 8.58. The number of amides is 1. The Balaban J connectivity index is 1.52. The summed E-state index contributed by atoms with van der Waals surface area (Å²) in [5.41, 5.74) is 4.57. The standard InChI is InChI=1S/C27H30N4OS/c1-19(2)22-14-16-24(17-15-22)28-26(32)20(3)33-27-30-29-25(23-12-8-5-9-13-23)31(27)18-21-10-6-4-7-11-21/h4-14,16,19-20H,15,17-18H2,1-3H3,(H,28,32). The molecule has 3 aromatic rings. The molecular weight excluding hydrogens is 428 g/mol. The largest absolute Gasteiger partial charge is 0.329 e. The molecule has 1 aliphatic rings. The minimum absolute atomic E-state index is 0.0110. The molecule has 170 valence electrons. The van der Waals surface area contributed by atoms with E-state index < -0.39 is 0 Å². The maximum Gasteiger partial charge on any atom is 0.237 e. The molecule has 2 aromatic carbocycles. The van der Waals surface area contributed by atoms with Crippen molar-refractivity contribution in [2.75, 3.05) is 0 Å². The Bertz CT molecular complexity index is 1150.